The van der Waals surface area contributed by atoms with Crippen molar-refractivity contribution in [1.82, 2.24) is 4.98 Å². The fourth-order valence-corrected chi connectivity index (χ4v) is 1.36. The molecule has 1 aromatic rings. The first-order chi connectivity index (χ1) is 7.13. The van der Waals surface area contributed by atoms with Crippen LogP contribution >= 0.6 is 15.9 Å². The highest BCUT2D eigenvalue weighted by Crippen LogP contribution is 2.12. The zero-order chi connectivity index (χ0) is 11.3. The number of hydrogen-bond acceptors (Lipinski definition) is 2. The van der Waals surface area contributed by atoms with Crippen LogP contribution in [-0.2, 0) is 4.79 Å². The first-order valence-corrected chi connectivity index (χ1v) is 5.73. The van der Waals surface area contributed by atoms with Crippen molar-refractivity contribution in [2.75, 3.05) is 10.6 Å². The van der Waals surface area contributed by atoms with Crippen LogP contribution in [0.1, 0.15) is 18.2 Å². The Bertz CT molecular complexity index is 388. The monoisotopic (exact) mass is 268 g/mol. The van der Waals surface area contributed by atoms with Crippen molar-refractivity contribution in [3.05, 3.63) is 29.5 Å². The smallest absolute Gasteiger partial charge is 0.222 e. The molecule has 0 unspecified atom stereocenters. The fourth-order valence-electron chi connectivity index (χ4n) is 1.17. The third kappa shape index (κ3) is 3.83. The lowest BCUT2D eigenvalue weighted by Crippen LogP contribution is -2.08. The molecule has 0 spiro atoms. The molecule has 0 saturated carbocycles. The lowest BCUT2D eigenvalue weighted by atomic mass is 10.2. The Morgan fingerprint density at radius 3 is 2.87 bits per heavy atom. The van der Waals surface area contributed by atoms with Gasteiger partial charge in [-0.3, -0.25) is 4.79 Å². The maximum atomic E-state index is 10.8. The minimum absolute atomic E-state index is 0.106. The Balaban J connectivity index is 2.87. The molecule has 80 valence electrons. The topological polar surface area (TPSA) is 42.0 Å². The molecule has 0 fully saturated rings. The summed E-state index contributed by atoms with van der Waals surface area (Å²) in [5.41, 5.74) is 1.96. The van der Waals surface area contributed by atoms with Gasteiger partial charge in [0.15, 0.2) is 0 Å². The second-order valence-corrected chi connectivity index (χ2v) is 3.76. The van der Waals surface area contributed by atoms with E-state index in [1.54, 1.807) is 6.07 Å². The molecule has 0 bridgehead atoms. The summed E-state index contributed by atoms with van der Waals surface area (Å²) in [6.07, 6.45) is 4.00. The van der Waals surface area contributed by atoms with Crippen LogP contribution in [0.2, 0.25) is 0 Å². The van der Waals surface area contributed by atoms with E-state index in [2.05, 4.69) is 26.2 Å². The molecule has 3 nitrogen and oxygen atoms in total. The molecule has 1 amide bonds. The number of amides is 1. The number of nitrogens with zero attached hydrogens (tertiary/aromatic N) is 1. The molecule has 1 aromatic heterocycles. The van der Waals surface area contributed by atoms with Crippen molar-refractivity contribution >= 4 is 33.7 Å². The summed E-state index contributed by atoms with van der Waals surface area (Å²) in [5, 5.41) is 3.46. The van der Waals surface area contributed by atoms with Crippen LogP contribution in [0.4, 0.5) is 5.82 Å². The van der Waals surface area contributed by atoms with Crippen molar-refractivity contribution in [2.45, 2.75) is 13.8 Å². The van der Waals surface area contributed by atoms with Crippen molar-refractivity contribution < 1.29 is 4.79 Å². The van der Waals surface area contributed by atoms with Gasteiger partial charge in [0, 0.05) is 17.9 Å². The summed E-state index contributed by atoms with van der Waals surface area (Å²) < 4.78 is 0. The molecular weight excluding hydrogens is 256 g/mol. The molecule has 1 rings (SSSR count). The van der Waals surface area contributed by atoms with E-state index in [1.807, 2.05) is 25.1 Å². The van der Waals surface area contributed by atoms with Crippen LogP contribution in [0.25, 0.3) is 6.08 Å². The summed E-state index contributed by atoms with van der Waals surface area (Å²) in [5.74, 6) is 0.488. The predicted molar refractivity (Wildman–Crippen MR) is 66.1 cm³/mol. The summed E-state index contributed by atoms with van der Waals surface area (Å²) in [6.45, 7) is 3.38. The average Bonchev–Trinajstić information content (AvgIpc) is 2.15. The number of anilines is 1. The standard InChI is InChI=1S/C11H13BrN2O/c1-8-10(4-3-7-12)5-6-11(13-8)14-9(2)15/h3-6H,7H2,1-2H3,(H,13,14,15). The van der Waals surface area contributed by atoms with Crippen molar-refractivity contribution in [3.63, 3.8) is 0 Å². The number of nitrogens with one attached hydrogen (secondary N) is 1. The van der Waals surface area contributed by atoms with Crippen LogP contribution in [0.15, 0.2) is 18.2 Å². The maximum absolute atomic E-state index is 10.8. The van der Waals surface area contributed by atoms with Crippen molar-refractivity contribution in [1.29, 1.82) is 0 Å². The van der Waals surface area contributed by atoms with Crippen LogP contribution in [-0.4, -0.2) is 16.2 Å². The average molecular weight is 269 g/mol. The Kier molecular flexibility index (Phi) is 4.49. The van der Waals surface area contributed by atoms with Gasteiger partial charge in [0.2, 0.25) is 5.91 Å². The highest BCUT2D eigenvalue weighted by molar-refractivity contribution is 9.09. The molecule has 15 heavy (non-hydrogen) atoms. The van der Waals surface area contributed by atoms with E-state index < -0.39 is 0 Å². The van der Waals surface area contributed by atoms with Crippen molar-refractivity contribution in [3.8, 4) is 0 Å². The number of aryl methyl sites for hydroxylation is 1. The van der Waals surface area contributed by atoms with Gasteiger partial charge >= 0.3 is 0 Å². The molecular formula is C11H13BrN2O. The molecule has 1 N–H and O–H groups in total. The number of allylic oxidation sites excluding steroid dienone is 1. The second-order valence-electron chi connectivity index (χ2n) is 3.11. The first-order valence-electron chi connectivity index (χ1n) is 4.61. The van der Waals surface area contributed by atoms with Gasteiger partial charge < -0.3 is 5.32 Å². The molecule has 0 aromatic carbocycles. The molecule has 1 heterocycles. The number of halogens is 1. The molecule has 0 saturated heterocycles. The number of pyridine rings is 1. The SMILES string of the molecule is CC(=O)Nc1ccc(C=CCBr)c(C)n1. The van der Waals surface area contributed by atoms with Gasteiger partial charge in [-0.2, -0.15) is 0 Å². The van der Waals surface area contributed by atoms with E-state index in [9.17, 15) is 4.79 Å². The highest BCUT2D eigenvalue weighted by Gasteiger charge is 2.00. The second kappa shape index (κ2) is 5.66. The Hall–Kier alpha value is -1.16. The van der Waals surface area contributed by atoms with Crippen LogP contribution in [0.3, 0.4) is 0 Å². The number of carbonyl (C=O) groups is 1. The van der Waals surface area contributed by atoms with Gasteiger partial charge in [0.05, 0.1) is 0 Å². The number of alkyl halides is 1. The zero-order valence-corrected chi connectivity index (χ0v) is 10.3. The molecule has 0 aliphatic rings. The summed E-state index contributed by atoms with van der Waals surface area (Å²) in [7, 11) is 0. The van der Waals surface area contributed by atoms with Crippen LogP contribution in [0.5, 0.6) is 0 Å². The lowest BCUT2D eigenvalue weighted by Gasteiger charge is -2.04. The predicted octanol–water partition coefficient (Wildman–Crippen LogP) is 2.76. The molecule has 0 aliphatic heterocycles. The minimum atomic E-state index is -0.106. The van der Waals surface area contributed by atoms with E-state index >= 15 is 0 Å². The van der Waals surface area contributed by atoms with Gasteiger partial charge in [-0.1, -0.05) is 28.1 Å². The van der Waals surface area contributed by atoms with Crippen molar-refractivity contribution in [2.24, 2.45) is 0 Å². The number of rotatable bonds is 3. The first kappa shape index (κ1) is 11.9. The molecule has 0 atom stereocenters. The van der Waals surface area contributed by atoms with Gasteiger partial charge in [-0.25, -0.2) is 4.98 Å². The van der Waals surface area contributed by atoms with E-state index in [0.29, 0.717) is 5.82 Å². The van der Waals surface area contributed by atoms with E-state index in [1.165, 1.54) is 6.92 Å². The maximum Gasteiger partial charge on any atom is 0.222 e. The Morgan fingerprint density at radius 1 is 1.60 bits per heavy atom. The minimum Gasteiger partial charge on any atom is -0.311 e. The molecule has 0 aliphatic carbocycles. The molecule has 4 heteroatoms. The summed E-state index contributed by atoms with van der Waals surface area (Å²) in [6, 6.07) is 3.73. The summed E-state index contributed by atoms with van der Waals surface area (Å²) >= 11 is 3.31. The quantitative estimate of drug-likeness (QED) is 0.857. The Labute approximate surface area is 97.7 Å². The Morgan fingerprint density at radius 2 is 2.33 bits per heavy atom. The van der Waals surface area contributed by atoms with Gasteiger partial charge in [0.25, 0.3) is 0 Å². The number of carbonyl (C=O) groups excluding carboxylic acids is 1. The fraction of sp³-hybridized carbons (Fsp3) is 0.273. The number of hydrogen-bond donors (Lipinski definition) is 1. The normalized spacial score (nSPS) is 10.6. The third-order valence-electron chi connectivity index (χ3n) is 1.82. The van der Waals surface area contributed by atoms with Gasteiger partial charge in [0.1, 0.15) is 5.82 Å². The lowest BCUT2D eigenvalue weighted by molar-refractivity contribution is -0.114. The van der Waals surface area contributed by atoms with Gasteiger partial charge in [-0.15, -0.1) is 0 Å². The van der Waals surface area contributed by atoms with E-state index in [0.717, 1.165) is 16.6 Å². The van der Waals surface area contributed by atoms with E-state index in [-0.39, 0.29) is 5.91 Å². The molecule has 0 radical (unpaired) electrons. The third-order valence-corrected chi connectivity index (χ3v) is 2.19. The zero-order valence-electron chi connectivity index (χ0n) is 8.75. The number of aromatic nitrogens is 1. The van der Waals surface area contributed by atoms with Crippen LogP contribution < -0.4 is 5.32 Å². The van der Waals surface area contributed by atoms with E-state index in [4.69, 9.17) is 0 Å². The van der Waals surface area contributed by atoms with Gasteiger partial charge in [-0.05, 0) is 24.6 Å². The highest BCUT2D eigenvalue weighted by atomic mass is 79.9. The summed E-state index contributed by atoms with van der Waals surface area (Å²) in [4.78, 5) is 15.1. The largest absolute Gasteiger partial charge is 0.311 e. The van der Waals surface area contributed by atoms with Crippen LogP contribution in [0, 0.1) is 6.92 Å².